The van der Waals surface area contributed by atoms with Crippen LogP contribution in [0.1, 0.15) is 32.6 Å². The van der Waals surface area contributed by atoms with Gasteiger partial charge in [0.25, 0.3) is 0 Å². The maximum atomic E-state index is 12.1. The molecule has 0 aliphatic carbocycles. The van der Waals surface area contributed by atoms with Crippen molar-refractivity contribution in [2.75, 3.05) is 39.3 Å². The molecule has 2 N–H and O–H groups in total. The number of amides is 2. The van der Waals surface area contributed by atoms with Crippen LogP contribution in [-0.2, 0) is 14.3 Å². The third kappa shape index (κ3) is 4.68. The minimum Gasteiger partial charge on any atom is -0.367 e. The first-order valence-corrected chi connectivity index (χ1v) is 7.97. The maximum absolute atomic E-state index is 12.1. The molecule has 2 saturated heterocycles. The molecule has 0 aromatic rings. The Morgan fingerprint density at radius 1 is 1.10 bits per heavy atom. The summed E-state index contributed by atoms with van der Waals surface area (Å²) >= 11 is 0. The standard InChI is InChI=1S/C15H27N3O3/c1-12-4-7-17(8-5-12)15(20)11-21-13-3-2-6-18(10-13)14(19)9-16/h12-13H,2-11,16H2,1H3. The van der Waals surface area contributed by atoms with Gasteiger partial charge in [0.1, 0.15) is 6.61 Å². The average molecular weight is 297 g/mol. The Morgan fingerprint density at radius 3 is 2.48 bits per heavy atom. The molecule has 2 rings (SSSR count). The molecule has 0 aromatic heterocycles. The van der Waals surface area contributed by atoms with Crippen molar-refractivity contribution in [2.45, 2.75) is 38.7 Å². The average Bonchev–Trinajstić information content (AvgIpc) is 2.52. The lowest BCUT2D eigenvalue weighted by Gasteiger charge is -2.34. The lowest BCUT2D eigenvalue weighted by atomic mass is 9.99. The SMILES string of the molecule is CC1CCN(C(=O)COC2CCCN(C(=O)CN)C2)CC1. The fourth-order valence-electron chi connectivity index (χ4n) is 2.97. The topological polar surface area (TPSA) is 75.9 Å². The first-order valence-electron chi connectivity index (χ1n) is 7.97. The van der Waals surface area contributed by atoms with E-state index >= 15 is 0 Å². The van der Waals surface area contributed by atoms with E-state index < -0.39 is 0 Å². The molecule has 6 heteroatoms. The highest BCUT2D eigenvalue weighted by atomic mass is 16.5. The second-order valence-electron chi connectivity index (χ2n) is 6.18. The molecule has 2 aliphatic heterocycles. The van der Waals surface area contributed by atoms with E-state index in [1.54, 1.807) is 4.90 Å². The molecule has 2 fully saturated rings. The minimum absolute atomic E-state index is 0.0393. The van der Waals surface area contributed by atoms with Gasteiger partial charge in [-0.05, 0) is 31.6 Å². The fraction of sp³-hybridized carbons (Fsp3) is 0.867. The summed E-state index contributed by atoms with van der Waals surface area (Å²) in [5.41, 5.74) is 5.39. The molecule has 2 aliphatic rings. The van der Waals surface area contributed by atoms with Crippen LogP contribution in [0.4, 0.5) is 0 Å². The first kappa shape index (κ1) is 16.2. The van der Waals surface area contributed by atoms with Gasteiger partial charge in [0.15, 0.2) is 0 Å². The number of hydrogen-bond acceptors (Lipinski definition) is 4. The van der Waals surface area contributed by atoms with Crippen LogP contribution in [0, 0.1) is 5.92 Å². The predicted molar refractivity (Wildman–Crippen MR) is 79.6 cm³/mol. The lowest BCUT2D eigenvalue weighted by molar-refractivity contribution is -0.142. The molecule has 2 amide bonds. The normalized spacial score (nSPS) is 24.2. The molecular formula is C15H27N3O3. The summed E-state index contributed by atoms with van der Waals surface area (Å²) in [6, 6.07) is 0. The van der Waals surface area contributed by atoms with Crippen LogP contribution in [0.2, 0.25) is 0 Å². The lowest BCUT2D eigenvalue weighted by Crippen LogP contribution is -2.47. The number of likely N-dealkylation sites (tertiary alicyclic amines) is 2. The number of carbonyl (C=O) groups is 2. The number of ether oxygens (including phenoxy) is 1. The highest BCUT2D eigenvalue weighted by molar-refractivity contribution is 5.78. The number of rotatable bonds is 4. The summed E-state index contributed by atoms with van der Waals surface area (Å²) in [5.74, 6) is 0.743. The van der Waals surface area contributed by atoms with Gasteiger partial charge in [-0.15, -0.1) is 0 Å². The van der Waals surface area contributed by atoms with Crippen molar-refractivity contribution in [1.82, 2.24) is 9.80 Å². The summed E-state index contributed by atoms with van der Waals surface area (Å²) in [7, 11) is 0. The smallest absolute Gasteiger partial charge is 0.248 e. The Labute approximate surface area is 126 Å². The van der Waals surface area contributed by atoms with E-state index in [0.29, 0.717) is 12.5 Å². The van der Waals surface area contributed by atoms with Crippen molar-refractivity contribution >= 4 is 11.8 Å². The van der Waals surface area contributed by atoms with E-state index in [0.717, 1.165) is 45.3 Å². The van der Waals surface area contributed by atoms with Crippen molar-refractivity contribution in [3.63, 3.8) is 0 Å². The predicted octanol–water partition coefficient (Wildman–Crippen LogP) is 0.211. The molecular weight excluding hydrogens is 270 g/mol. The third-order valence-corrected chi connectivity index (χ3v) is 4.48. The summed E-state index contributed by atoms with van der Waals surface area (Å²) in [4.78, 5) is 27.3. The molecule has 0 saturated carbocycles. The van der Waals surface area contributed by atoms with Crippen LogP contribution in [0.5, 0.6) is 0 Å². The first-order chi connectivity index (χ1) is 10.1. The van der Waals surface area contributed by atoms with Crippen molar-refractivity contribution in [3.05, 3.63) is 0 Å². The zero-order chi connectivity index (χ0) is 15.2. The summed E-state index contributed by atoms with van der Waals surface area (Å²) in [5, 5.41) is 0. The Balaban J connectivity index is 1.72. The maximum Gasteiger partial charge on any atom is 0.248 e. The van der Waals surface area contributed by atoms with Gasteiger partial charge in [-0.1, -0.05) is 6.92 Å². The van der Waals surface area contributed by atoms with Gasteiger partial charge >= 0.3 is 0 Å². The highest BCUT2D eigenvalue weighted by Crippen LogP contribution is 2.17. The van der Waals surface area contributed by atoms with Crippen LogP contribution < -0.4 is 5.73 Å². The number of carbonyl (C=O) groups excluding carboxylic acids is 2. The molecule has 120 valence electrons. The fourth-order valence-corrected chi connectivity index (χ4v) is 2.97. The van der Waals surface area contributed by atoms with Gasteiger partial charge in [-0.2, -0.15) is 0 Å². The van der Waals surface area contributed by atoms with Crippen LogP contribution in [-0.4, -0.2) is 67.0 Å². The zero-order valence-electron chi connectivity index (χ0n) is 12.9. The molecule has 1 unspecified atom stereocenters. The molecule has 0 bridgehead atoms. The molecule has 0 aromatic carbocycles. The van der Waals surface area contributed by atoms with Crippen LogP contribution >= 0.6 is 0 Å². The van der Waals surface area contributed by atoms with Gasteiger partial charge in [0.05, 0.1) is 12.6 Å². The van der Waals surface area contributed by atoms with Crippen molar-refractivity contribution in [1.29, 1.82) is 0 Å². The Morgan fingerprint density at radius 2 is 1.81 bits per heavy atom. The Bertz CT molecular complexity index is 367. The minimum atomic E-state index is -0.0420. The van der Waals surface area contributed by atoms with E-state index in [1.165, 1.54) is 0 Å². The Kier molecular flexibility index (Phi) is 5.99. The number of hydrogen-bond donors (Lipinski definition) is 1. The van der Waals surface area contributed by atoms with E-state index in [9.17, 15) is 9.59 Å². The summed E-state index contributed by atoms with van der Waals surface area (Å²) in [6.07, 6.45) is 3.92. The van der Waals surface area contributed by atoms with Crippen LogP contribution in [0.3, 0.4) is 0 Å². The van der Waals surface area contributed by atoms with Gasteiger partial charge in [0, 0.05) is 26.2 Å². The quantitative estimate of drug-likeness (QED) is 0.805. The second-order valence-corrected chi connectivity index (χ2v) is 6.18. The van der Waals surface area contributed by atoms with E-state index in [4.69, 9.17) is 10.5 Å². The van der Waals surface area contributed by atoms with Gasteiger partial charge in [-0.25, -0.2) is 0 Å². The molecule has 0 radical (unpaired) electrons. The van der Waals surface area contributed by atoms with Crippen LogP contribution in [0.15, 0.2) is 0 Å². The van der Waals surface area contributed by atoms with Crippen molar-refractivity contribution in [3.8, 4) is 0 Å². The number of piperidine rings is 2. The summed E-state index contributed by atoms with van der Waals surface area (Å²) < 4.78 is 5.72. The largest absolute Gasteiger partial charge is 0.367 e. The van der Waals surface area contributed by atoms with E-state index in [2.05, 4.69) is 6.92 Å². The van der Waals surface area contributed by atoms with Gasteiger partial charge < -0.3 is 20.3 Å². The van der Waals surface area contributed by atoms with E-state index in [1.807, 2.05) is 4.90 Å². The highest BCUT2D eigenvalue weighted by Gasteiger charge is 2.25. The van der Waals surface area contributed by atoms with Gasteiger partial charge in [0.2, 0.25) is 11.8 Å². The molecule has 0 spiro atoms. The summed E-state index contributed by atoms with van der Waals surface area (Å²) in [6.45, 7) is 5.37. The second kappa shape index (κ2) is 7.75. The number of nitrogens with zero attached hydrogens (tertiary/aromatic N) is 2. The Hall–Kier alpha value is -1.14. The van der Waals surface area contributed by atoms with Crippen molar-refractivity contribution < 1.29 is 14.3 Å². The van der Waals surface area contributed by atoms with E-state index in [-0.39, 0.29) is 31.1 Å². The van der Waals surface area contributed by atoms with Crippen molar-refractivity contribution in [2.24, 2.45) is 11.7 Å². The molecule has 1 atom stereocenters. The van der Waals surface area contributed by atoms with Crippen LogP contribution in [0.25, 0.3) is 0 Å². The monoisotopic (exact) mass is 297 g/mol. The van der Waals surface area contributed by atoms with Gasteiger partial charge in [-0.3, -0.25) is 9.59 Å². The molecule has 2 heterocycles. The number of nitrogens with two attached hydrogens (primary N) is 1. The molecule has 21 heavy (non-hydrogen) atoms. The third-order valence-electron chi connectivity index (χ3n) is 4.48. The zero-order valence-corrected chi connectivity index (χ0v) is 12.9. The molecule has 6 nitrogen and oxygen atoms in total.